The van der Waals surface area contributed by atoms with Crippen LogP contribution in [-0.4, -0.2) is 6.54 Å². The molecule has 0 saturated heterocycles. The van der Waals surface area contributed by atoms with Crippen LogP contribution in [0.4, 0.5) is 0 Å². The number of benzene rings is 1. The van der Waals surface area contributed by atoms with E-state index in [2.05, 4.69) is 59.4 Å². The van der Waals surface area contributed by atoms with Gasteiger partial charge in [-0.05, 0) is 49.3 Å². The van der Waals surface area contributed by atoms with Crippen molar-refractivity contribution in [3.63, 3.8) is 0 Å². The maximum absolute atomic E-state index is 3.80. The SMILES string of the molecule is CCCNC(c1ccccc1Br)C1CCC(CC)CC1. The second-order valence-corrected chi connectivity index (χ2v) is 7.00. The van der Waals surface area contributed by atoms with Crippen molar-refractivity contribution < 1.29 is 0 Å². The maximum atomic E-state index is 3.80. The van der Waals surface area contributed by atoms with E-state index in [0.717, 1.165) is 18.4 Å². The summed E-state index contributed by atoms with van der Waals surface area (Å²) in [4.78, 5) is 0. The number of rotatable bonds is 6. The molecule has 1 aromatic carbocycles. The highest BCUT2D eigenvalue weighted by Crippen LogP contribution is 2.39. The Morgan fingerprint density at radius 2 is 1.85 bits per heavy atom. The average Bonchev–Trinajstić information content (AvgIpc) is 2.50. The Morgan fingerprint density at radius 3 is 2.45 bits per heavy atom. The summed E-state index contributed by atoms with van der Waals surface area (Å²) in [6, 6.07) is 9.25. The average molecular weight is 338 g/mol. The van der Waals surface area contributed by atoms with Crippen LogP contribution in [0, 0.1) is 11.8 Å². The second-order valence-electron chi connectivity index (χ2n) is 6.14. The molecule has 2 heteroatoms. The molecule has 1 atom stereocenters. The quantitative estimate of drug-likeness (QED) is 0.701. The van der Waals surface area contributed by atoms with Gasteiger partial charge in [-0.3, -0.25) is 0 Å². The first kappa shape index (κ1) is 16.0. The van der Waals surface area contributed by atoms with Crippen LogP contribution in [0.3, 0.4) is 0 Å². The molecule has 1 saturated carbocycles. The normalized spacial score (nSPS) is 24.6. The second kappa shape index (κ2) is 8.19. The standard InChI is InChI=1S/C18H28BrN/c1-3-13-20-18(16-7-5-6-8-17(16)19)15-11-9-14(4-2)10-12-15/h5-8,14-15,18,20H,3-4,9-13H2,1-2H3. The minimum atomic E-state index is 0.517. The fourth-order valence-electron chi connectivity index (χ4n) is 3.49. The van der Waals surface area contributed by atoms with Crippen LogP contribution >= 0.6 is 15.9 Å². The summed E-state index contributed by atoms with van der Waals surface area (Å²) in [5, 5.41) is 3.80. The van der Waals surface area contributed by atoms with Crippen molar-refractivity contribution in [1.29, 1.82) is 0 Å². The molecule has 1 aliphatic rings. The summed E-state index contributed by atoms with van der Waals surface area (Å²) in [7, 11) is 0. The lowest BCUT2D eigenvalue weighted by Crippen LogP contribution is -2.31. The van der Waals surface area contributed by atoms with Gasteiger partial charge in [-0.25, -0.2) is 0 Å². The van der Waals surface area contributed by atoms with E-state index in [9.17, 15) is 0 Å². The lowest BCUT2D eigenvalue weighted by molar-refractivity contribution is 0.218. The number of halogens is 1. The van der Waals surface area contributed by atoms with Gasteiger partial charge < -0.3 is 5.32 Å². The fraction of sp³-hybridized carbons (Fsp3) is 0.667. The van der Waals surface area contributed by atoms with Gasteiger partial charge in [-0.2, -0.15) is 0 Å². The van der Waals surface area contributed by atoms with E-state index in [4.69, 9.17) is 0 Å². The molecule has 0 heterocycles. The zero-order valence-electron chi connectivity index (χ0n) is 12.9. The van der Waals surface area contributed by atoms with Gasteiger partial charge in [0.25, 0.3) is 0 Å². The lowest BCUT2D eigenvalue weighted by Gasteiger charge is -2.35. The molecule has 1 N–H and O–H groups in total. The Hall–Kier alpha value is -0.340. The van der Waals surface area contributed by atoms with Crippen LogP contribution in [0.2, 0.25) is 0 Å². The minimum Gasteiger partial charge on any atom is -0.310 e. The number of hydrogen-bond acceptors (Lipinski definition) is 1. The maximum Gasteiger partial charge on any atom is 0.0359 e. The molecule has 1 nitrogen and oxygen atoms in total. The summed E-state index contributed by atoms with van der Waals surface area (Å²) in [5.74, 6) is 1.76. The molecule has 112 valence electrons. The van der Waals surface area contributed by atoms with Crippen LogP contribution in [0.15, 0.2) is 28.7 Å². The monoisotopic (exact) mass is 337 g/mol. The molecule has 1 aromatic rings. The minimum absolute atomic E-state index is 0.517. The van der Waals surface area contributed by atoms with E-state index < -0.39 is 0 Å². The molecule has 20 heavy (non-hydrogen) atoms. The Bertz CT molecular complexity index is 396. The van der Waals surface area contributed by atoms with Gasteiger partial charge in [-0.1, -0.05) is 67.2 Å². The predicted octanol–water partition coefficient (Wildman–Crippen LogP) is 5.71. The van der Waals surface area contributed by atoms with Crippen molar-refractivity contribution in [2.24, 2.45) is 11.8 Å². The predicted molar refractivity (Wildman–Crippen MR) is 90.9 cm³/mol. The van der Waals surface area contributed by atoms with Crippen molar-refractivity contribution in [3.8, 4) is 0 Å². The van der Waals surface area contributed by atoms with E-state index in [0.29, 0.717) is 6.04 Å². The third-order valence-electron chi connectivity index (χ3n) is 4.79. The van der Waals surface area contributed by atoms with Crippen LogP contribution in [0.1, 0.15) is 64.0 Å². The molecule has 1 fully saturated rings. The highest BCUT2D eigenvalue weighted by atomic mass is 79.9. The van der Waals surface area contributed by atoms with Gasteiger partial charge >= 0.3 is 0 Å². The number of nitrogens with one attached hydrogen (secondary N) is 1. The van der Waals surface area contributed by atoms with Crippen molar-refractivity contribution in [2.45, 2.75) is 58.4 Å². The summed E-state index contributed by atoms with van der Waals surface area (Å²) >= 11 is 3.74. The summed E-state index contributed by atoms with van der Waals surface area (Å²) < 4.78 is 1.26. The van der Waals surface area contributed by atoms with Gasteiger partial charge in [0.05, 0.1) is 0 Å². The van der Waals surface area contributed by atoms with E-state index in [1.807, 2.05) is 0 Å². The van der Waals surface area contributed by atoms with Gasteiger partial charge in [0.15, 0.2) is 0 Å². The molecule has 0 spiro atoms. The first-order valence-electron chi connectivity index (χ1n) is 8.24. The highest BCUT2D eigenvalue weighted by molar-refractivity contribution is 9.10. The van der Waals surface area contributed by atoms with Gasteiger partial charge in [0.1, 0.15) is 0 Å². The van der Waals surface area contributed by atoms with Gasteiger partial charge in [-0.15, -0.1) is 0 Å². The molecule has 0 amide bonds. The molecule has 0 bridgehead atoms. The van der Waals surface area contributed by atoms with Crippen LogP contribution in [0.25, 0.3) is 0 Å². The van der Waals surface area contributed by atoms with Crippen molar-refractivity contribution >= 4 is 15.9 Å². The molecular weight excluding hydrogens is 310 g/mol. The van der Waals surface area contributed by atoms with Crippen LogP contribution < -0.4 is 5.32 Å². The van der Waals surface area contributed by atoms with Crippen LogP contribution in [-0.2, 0) is 0 Å². The largest absolute Gasteiger partial charge is 0.310 e. The Balaban J connectivity index is 2.10. The van der Waals surface area contributed by atoms with Crippen molar-refractivity contribution in [3.05, 3.63) is 34.3 Å². The van der Waals surface area contributed by atoms with E-state index in [1.165, 1.54) is 48.6 Å². The Morgan fingerprint density at radius 1 is 1.15 bits per heavy atom. The highest BCUT2D eigenvalue weighted by Gasteiger charge is 2.28. The molecule has 1 aliphatic carbocycles. The van der Waals surface area contributed by atoms with E-state index in [-0.39, 0.29) is 0 Å². The molecular formula is C18H28BrN. The topological polar surface area (TPSA) is 12.0 Å². The van der Waals surface area contributed by atoms with E-state index in [1.54, 1.807) is 0 Å². The Labute approximate surface area is 132 Å². The van der Waals surface area contributed by atoms with Crippen LogP contribution in [0.5, 0.6) is 0 Å². The fourth-order valence-corrected chi connectivity index (χ4v) is 4.02. The number of hydrogen-bond donors (Lipinski definition) is 1. The molecule has 0 radical (unpaired) electrons. The van der Waals surface area contributed by atoms with Crippen molar-refractivity contribution in [1.82, 2.24) is 5.32 Å². The summed E-state index contributed by atoms with van der Waals surface area (Å²) in [6.45, 7) is 5.70. The lowest BCUT2D eigenvalue weighted by atomic mass is 9.76. The zero-order chi connectivity index (χ0) is 14.4. The molecule has 1 unspecified atom stereocenters. The third-order valence-corrected chi connectivity index (χ3v) is 5.52. The van der Waals surface area contributed by atoms with Crippen molar-refractivity contribution in [2.75, 3.05) is 6.54 Å². The van der Waals surface area contributed by atoms with E-state index >= 15 is 0 Å². The molecule has 0 aromatic heterocycles. The molecule has 0 aliphatic heterocycles. The summed E-state index contributed by atoms with van der Waals surface area (Å²) in [6.07, 6.45) is 8.13. The molecule has 2 rings (SSSR count). The zero-order valence-corrected chi connectivity index (χ0v) is 14.5. The van der Waals surface area contributed by atoms with Gasteiger partial charge in [0, 0.05) is 10.5 Å². The summed E-state index contributed by atoms with van der Waals surface area (Å²) in [5.41, 5.74) is 1.45. The first-order chi connectivity index (χ1) is 9.76. The van der Waals surface area contributed by atoms with Gasteiger partial charge in [0.2, 0.25) is 0 Å². The smallest absolute Gasteiger partial charge is 0.0359 e. The third kappa shape index (κ3) is 4.08. The Kier molecular flexibility index (Phi) is 6.57. The first-order valence-corrected chi connectivity index (χ1v) is 9.03.